The molecule has 1 atom stereocenters. The van der Waals surface area contributed by atoms with E-state index in [4.69, 9.17) is 4.74 Å². The highest BCUT2D eigenvalue weighted by atomic mass is 16.5. The molecule has 0 amide bonds. The molecule has 1 aromatic carbocycles. The van der Waals surface area contributed by atoms with Crippen LogP contribution in [0.3, 0.4) is 0 Å². The van der Waals surface area contributed by atoms with Gasteiger partial charge in [-0.05, 0) is 38.8 Å². The normalized spacial score (nSPS) is 17.5. The number of para-hydroxylation sites is 1. The van der Waals surface area contributed by atoms with Gasteiger partial charge in [-0.1, -0.05) is 24.6 Å². The quantitative estimate of drug-likeness (QED) is 0.821. The van der Waals surface area contributed by atoms with E-state index in [1.165, 1.54) is 19.3 Å². The molecule has 0 heterocycles. The van der Waals surface area contributed by atoms with E-state index in [1.54, 1.807) is 0 Å². The average Bonchev–Trinajstić information content (AvgIpc) is 2.34. The molecule has 0 aromatic heterocycles. The molecule has 1 aliphatic carbocycles. The van der Waals surface area contributed by atoms with E-state index in [9.17, 15) is 5.11 Å². The molecule has 2 rings (SSSR count). The summed E-state index contributed by atoms with van der Waals surface area (Å²) in [5.74, 6) is 0.821. The number of hydrogen-bond acceptors (Lipinski definition) is 3. The summed E-state index contributed by atoms with van der Waals surface area (Å²) < 4.78 is 5.60. The molecule has 0 radical (unpaired) electrons. The molecular formula is C16H25NO2. The Hall–Kier alpha value is -1.06. The van der Waals surface area contributed by atoms with Crippen molar-refractivity contribution in [3.05, 3.63) is 30.3 Å². The van der Waals surface area contributed by atoms with Crippen molar-refractivity contribution < 1.29 is 9.84 Å². The predicted octanol–water partition coefficient (Wildman–Crippen LogP) is 2.69. The van der Waals surface area contributed by atoms with Crippen LogP contribution in [-0.2, 0) is 0 Å². The summed E-state index contributed by atoms with van der Waals surface area (Å²) in [7, 11) is 0. The standard InChI is InChI=1S/C16H25NO2/c1-13(2)17(14-7-6-8-14)11-15(18)12-19-16-9-4-3-5-10-16/h3-5,9-10,13-15,18H,6-8,11-12H2,1-2H3. The Kier molecular flexibility index (Phi) is 5.23. The molecule has 1 saturated carbocycles. The smallest absolute Gasteiger partial charge is 0.119 e. The number of hydrogen-bond donors (Lipinski definition) is 1. The lowest BCUT2D eigenvalue weighted by atomic mass is 9.90. The Balaban J connectivity index is 1.77. The highest BCUT2D eigenvalue weighted by Gasteiger charge is 2.28. The molecule has 3 heteroatoms. The van der Waals surface area contributed by atoms with E-state index >= 15 is 0 Å². The van der Waals surface area contributed by atoms with Crippen LogP contribution in [0.15, 0.2) is 30.3 Å². The Morgan fingerprint density at radius 2 is 1.95 bits per heavy atom. The van der Waals surface area contributed by atoms with Crippen molar-refractivity contribution in [1.29, 1.82) is 0 Å². The van der Waals surface area contributed by atoms with E-state index in [-0.39, 0.29) is 0 Å². The largest absolute Gasteiger partial charge is 0.491 e. The van der Waals surface area contributed by atoms with Crippen molar-refractivity contribution in [1.82, 2.24) is 4.90 Å². The lowest BCUT2D eigenvalue weighted by Gasteiger charge is -2.41. The van der Waals surface area contributed by atoms with Crippen LogP contribution in [0.25, 0.3) is 0 Å². The van der Waals surface area contributed by atoms with Crippen molar-refractivity contribution in [2.45, 2.75) is 51.3 Å². The highest BCUT2D eigenvalue weighted by molar-refractivity contribution is 5.20. The molecule has 0 spiro atoms. The number of aliphatic hydroxyl groups excluding tert-OH is 1. The van der Waals surface area contributed by atoms with Crippen LogP contribution in [0.4, 0.5) is 0 Å². The van der Waals surface area contributed by atoms with Crippen molar-refractivity contribution in [3.8, 4) is 5.75 Å². The summed E-state index contributed by atoms with van der Waals surface area (Å²) in [6.07, 6.45) is 3.43. The third-order valence-corrected chi connectivity index (χ3v) is 3.81. The minimum absolute atomic E-state index is 0.361. The van der Waals surface area contributed by atoms with Gasteiger partial charge in [-0.15, -0.1) is 0 Å². The number of ether oxygens (including phenoxy) is 1. The minimum Gasteiger partial charge on any atom is -0.491 e. The van der Waals surface area contributed by atoms with Gasteiger partial charge < -0.3 is 9.84 Å². The second kappa shape index (κ2) is 6.92. The van der Waals surface area contributed by atoms with E-state index in [1.807, 2.05) is 30.3 Å². The van der Waals surface area contributed by atoms with Crippen molar-refractivity contribution in [3.63, 3.8) is 0 Å². The first-order chi connectivity index (χ1) is 9.16. The van der Waals surface area contributed by atoms with Crippen LogP contribution in [0.2, 0.25) is 0 Å². The summed E-state index contributed by atoms with van der Waals surface area (Å²) in [5.41, 5.74) is 0. The van der Waals surface area contributed by atoms with Crippen LogP contribution in [-0.4, -0.2) is 41.3 Å². The van der Waals surface area contributed by atoms with E-state index in [0.29, 0.717) is 25.2 Å². The first-order valence-electron chi connectivity index (χ1n) is 7.28. The number of aliphatic hydroxyl groups is 1. The first kappa shape index (κ1) is 14.4. The van der Waals surface area contributed by atoms with Crippen molar-refractivity contribution in [2.24, 2.45) is 0 Å². The summed E-state index contributed by atoms with van der Waals surface area (Å²) in [6, 6.07) is 10.8. The fraction of sp³-hybridized carbons (Fsp3) is 0.625. The van der Waals surface area contributed by atoms with Gasteiger partial charge in [-0.2, -0.15) is 0 Å². The second-order valence-corrected chi connectivity index (χ2v) is 5.65. The lowest BCUT2D eigenvalue weighted by Crippen LogP contribution is -2.48. The Bertz CT molecular complexity index is 362. The zero-order valence-corrected chi connectivity index (χ0v) is 12.0. The summed E-state index contributed by atoms with van der Waals surface area (Å²) in [5, 5.41) is 10.1. The number of benzene rings is 1. The van der Waals surface area contributed by atoms with Crippen LogP contribution in [0, 0.1) is 0 Å². The molecule has 0 bridgehead atoms. The van der Waals surface area contributed by atoms with Gasteiger partial charge >= 0.3 is 0 Å². The predicted molar refractivity (Wildman–Crippen MR) is 77.4 cm³/mol. The monoisotopic (exact) mass is 263 g/mol. The van der Waals surface area contributed by atoms with Crippen LogP contribution >= 0.6 is 0 Å². The fourth-order valence-electron chi connectivity index (χ4n) is 2.51. The molecule has 19 heavy (non-hydrogen) atoms. The van der Waals surface area contributed by atoms with Gasteiger partial charge in [0.05, 0.1) is 0 Å². The molecule has 0 saturated heterocycles. The zero-order chi connectivity index (χ0) is 13.7. The first-order valence-corrected chi connectivity index (χ1v) is 7.28. The van der Waals surface area contributed by atoms with Gasteiger partial charge in [-0.25, -0.2) is 0 Å². The maximum Gasteiger partial charge on any atom is 0.119 e. The van der Waals surface area contributed by atoms with Gasteiger partial charge in [0.25, 0.3) is 0 Å². The molecule has 1 N–H and O–H groups in total. The Labute approximate surface area is 116 Å². The Morgan fingerprint density at radius 1 is 1.26 bits per heavy atom. The molecule has 106 valence electrons. The van der Waals surface area contributed by atoms with Gasteiger partial charge in [0.2, 0.25) is 0 Å². The third-order valence-electron chi connectivity index (χ3n) is 3.81. The highest BCUT2D eigenvalue weighted by Crippen LogP contribution is 2.26. The van der Waals surface area contributed by atoms with Gasteiger partial charge in [0.15, 0.2) is 0 Å². The maximum absolute atomic E-state index is 10.1. The topological polar surface area (TPSA) is 32.7 Å². The number of rotatable bonds is 7. The summed E-state index contributed by atoms with van der Waals surface area (Å²) in [6.45, 7) is 5.46. The molecule has 1 fully saturated rings. The third kappa shape index (κ3) is 4.22. The second-order valence-electron chi connectivity index (χ2n) is 5.65. The summed E-state index contributed by atoms with van der Waals surface area (Å²) >= 11 is 0. The van der Waals surface area contributed by atoms with Crippen molar-refractivity contribution >= 4 is 0 Å². The van der Waals surface area contributed by atoms with E-state index in [0.717, 1.165) is 5.75 Å². The van der Waals surface area contributed by atoms with Crippen LogP contribution < -0.4 is 4.74 Å². The van der Waals surface area contributed by atoms with Crippen molar-refractivity contribution in [2.75, 3.05) is 13.2 Å². The number of nitrogens with zero attached hydrogens (tertiary/aromatic N) is 1. The zero-order valence-electron chi connectivity index (χ0n) is 12.0. The molecular weight excluding hydrogens is 238 g/mol. The lowest BCUT2D eigenvalue weighted by molar-refractivity contribution is 0.0177. The SMILES string of the molecule is CC(C)N(CC(O)COc1ccccc1)C1CCC1. The van der Waals surface area contributed by atoms with Gasteiger partial charge in [0, 0.05) is 18.6 Å². The molecule has 1 aromatic rings. The average molecular weight is 263 g/mol. The van der Waals surface area contributed by atoms with E-state index < -0.39 is 6.10 Å². The fourth-order valence-corrected chi connectivity index (χ4v) is 2.51. The molecule has 0 aliphatic heterocycles. The summed E-state index contributed by atoms with van der Waals surface area (Å²) in [4.78, 5) is 2.41. The van der Waals surface area contributed by atoms with Gasteiger partial charge in [-0.3, -0.25) is 4.90 Å². The molecule has 1 unspecified atom stereocenters. The Morgan fingerprint density at radius 3 is 2.47 bits per heavy atom. The van der Waals surface area contributed by atoms with Crippen LogP contribution in [0.5, 0.6) is 5.75 Å². The maximum atomic E-state index is 10.1. The minimum atomic E-state index is -0.428. The van der Waals surface area contributed by atoms with Gasteiger partial charge in [0.1, 0.15) is 18.5 Å². The van der Waals surface area contributed by atoms with E-state index in [2.05, 4.69) is 18.7 Å². The molecule has 1 aliphatic rings. The van der Waals surface area contributed by atoms with Crippen LogP contribution in [0.1, 0.15) is 33.1 Å². The molecule has 3 nitrogen and oxygen atoms in total.